The van der Waals surface area contributed by atoms with E-state index in [1.54, 1.807) is 4.90 Å². The Balaban J connectivity index is 1.65. The molecule has 1 spiro atoms. The molecule has 3 rings (SSSR count). The lowest BCUT2D eigenvalue weighted by molar-refractivity contribution is 0.0712. The van der Waals surface area contributed by atoms with Gasteiger partial charge in [0.15, 0.2) is 0 Å². The molecule has 2 saturated heterocycles. The highest BCUT2D eigenvalue weighted by Gasteiger charge is 2.42. The lowest BCUT2D eigenvalue weighted by Crippen LogP contribution is -2.46. The molecule has 6 heteroatoms. The molecule has 5 nitrogen and oxygen atoms in total. The van der Waals surface area contributed by atoms with Crippen molar-refractivity contribution in [3.8, 4) is 0 Å². The van der Waals surface area contributed by atoms with Crippen molar-refractivity contribution in [3.05, 3.63) is 22.4 Å². The van der Waals surface area contributed by atoms with Gasteiger partial charge in [0.05, 0.1) is 13.2 Å². The molecule has 122 valence electrons. The second kappa shape index (κ2) is 6.56. The van der Waals surface area contributed by atoms with Gasteiger partial charge in [-0.2, -0.15) is 0 Å². The maximum absolute atomic E-state index is 12.3. The first-order valence-corrected chi connectivity index (χ1v) is 8.75. The zero-order chi connectivity index (χ0) is 15.6. The summed E-state index contributed by atoms with van der Waals surface area (Å²) in [5.41, 5.74) is 0.0967. The Hall–Kier alpha value is -1.11. The van der Waals surface area contributed by atoms with Crippen LogP contribution in [0.2, 0.25) is 0 Å². The van der Waals surface area contributed by atoms with E-state index in [4.69, 9.17) is 4.74 Å². The Morgan fingerprint density at radius 3 is 3.00 bits per heavy atom. The third-order valence-electron chi connectivity index (χ3n) is 4.57. The molecule has 0 aliphatic carbocycles. The zero-order valence-electron chi connectivity index (χ0n) is 13.5. The molecular formula is C16H25N3O2S. The van der Waals surface area contributed by atoms with Crippen LogP contribution < -0.4 is 0 Å². The molecule has 1 aromatic heterocycles. The lowest BCUT2D eigenvalue weighted by Gasteiger charge is -2.33. The Labute approximate surface area is 136 Å². The van der Waals surface area contributed by atoms with Crippen LogP contribution in [0, 0.1) is 5.41 Å². The Bertz CT molecular complexity index is 505. The first-order valence-electron chi connectivity index (χ1n) is 7.87. The molecule has 22 heavy (non-hydrogen) atoms. The van der Waals surface area contributed by atoms with E-state index in [0.717, 1.165) is 39.2 Å². The molecule has 0 aromatic carbocycles. The molecule has 1 atom stereocenters. The summed E-state index contributed by atoms with van der Waals surface area (Å²) in [6, 6.07) is 4.40. The number of hydrogen-bond acceptors (Lipinski definition) is 4. The number of ether oxygens (including phenoxy) is 1. The van der Waals surface area contributed by atoms with E-state index in [1.807, 2.05) is 30.3 Å². The van der Waals surface area contributed by atoms with Gasteiger partial charge in [0.1, 0.15) is 0 Å². The third-order valence-corrected chi connectivity index (χ3v) is 5.43. The summed E-state index contributed by atoms with van der Waals surface area (Å²) in [6.07, 6.45) is 1.11. The van der Waals surface area contributed by atoms with Gasteiger partial charge in [-0.1, -0.05) is 6.07 Å². The molecule has 2 amide bonds. The van der Waals surface area contributed by atoms with Crippen molar-refractivity contribution in [2.45, 2.75) is 13.0 Å². The summed E-state index contributed by atoms with van der Waals surface area (Å²) in [4.78, 5) is 19.8. The van der Waals surface area contributed by atoms with Crippen LogP contribution in [0.25, 0.3) is 0 Å². The largest absolute Gasteiger partial charge is 0.379 e. The second-order valence-corrected chi connectivity index (χ2v) is 7.72. The molecule has 1 aromatic rings. The van der Waals surface area contributed by atoms with Crippen LogP contribution in [0.3, 0.4) is 0 Å². The average molecular weight is 323 g/mol. The van der Waals surface area contributed by atoms with Crippen molar-refractivity contribution in [1.82, 2.24) is 14.7 Å². The summed E-state index contributed by atoms with van der Waals surface area (Å²) in [6.45, 7) is 6.04. The quantitative estimate of drug-likeness (QED) is 0.835. The minimum atomic E-state index is 0.0967. The number of likely N-dealkylation sites (tertiary alicyclic amines) is 1. The first kappa shape index (κ1) is 15.8. The summed E-state index contributed by atoms with van der Waals surface area (Å²) in [5.74, 6) is 0. The van der Waals surface area contributed by atoms with Crippen LogP contribution in [-0.2, 0) is 11.3 Å². The molecule has 1 unspecified atom stereocenters. The molecule has 0 radical (unpaired) electrons. The highest BCUT2D eigenvalue weighted by molar-refractivity contribution is 7.09. The zero-order valence-corrected chi connectivity index (χ0v) is 14.3. The number of rotatable bonds is 2. The first-order chi connectivity index (χ1) is 10.6. The summed E-state index contributed by atoms with van der Waals surface area (Å²) in [5, 5.41) is 2.13. The van der Waals surface area contributed by atoms with Crippen molar-refractivity contribution < 1.29 is 9.53 Å². The highest BCUT2D eigenvalue weighted by Crippen LogP contribution is 2.34. The van der Waals surface area contributed by atoms with Crippen LogP contribution in [0.5, 0.6) is 0 Å². The summed E-state index contributed by atoms with van der Waals surface area (Å²) in [7, 11) is 3.64. The minimum Gasteiger partial charge on any atom is -0.379 e. The maximum atomic E-state index is 12.3. The Kier molecular flexibility index (Phi) is 4.70. The van der Waals surface area contributed by atoms with Crippen LogP contribution in [0.15, 0.2) is 17.5 Å². The molecule has 3 heterocycles. The smallest absolute Gasteiger partial charge is 0.319 e. The minimum absolute atomic E-state index is 0.0967. The van der Waals surface area contributed by atoms with Gasteiger partial charge in [0, 0.05) is 50.6 Å². The molecular weight excluding hydrogens is 298 g/mol. The Morgan fingerprint density at radius 1 is 1.41 bits per heavy atom. The molecule has 0 N–H and O–H groups in total. The summed E-state index contributed by atoms with van der Waals surface area (Å²) >= 11 is 1.81. The molecule has 0 saturated carbocycles. The molecule has 0 bridgehead atoms. The van der Waals surface area contributed by atoms with E-state index in [2.05, 4.69) is 22.4 Å². The number of carbonyl (C=O) groups excluding carboxylic acids is 1. The maximum Gasteiger partial charge on any atom is 0.319 e. The van der Waals surface area contributed by atoms with E-state index in [1.165, 1.54) is 4.88 Å². The molecule has 2 aliphatic rings. The van der Waals surface area contributed by atoms with Crippen molar-refractivity contribution in [2.75, 3.05) is 53.5 Å². The number of carbonyl (C=O) groups is 1. The fourth-order valence-electron chi connectivity index (χ4n) is 3.47. The highest BCUT2D eigenvalue weighted by atomic mass is 32.1. The van der Waals surface area contributed by atoms with Gasteiger partial charge in [0.2, 0.25) is 0 Å². The fourth-order valence-corrected chi connectivity index (χ4v) is 4.22. The number of nitrogens with zero attached hydrogens (tertiary/aromatic N) is 3. The predicted molar refractivity (Wildman–Crippen MR) is 88.1 cm³/mol. The van der Waals surface area contributed by atoms with E-state index >= 15 is 0 Å². The standard InChI is InChI=1S/C16H25N3O2S/c1-17(2)15(20)19-7-8-21-13-16(12-19)5-6-18(11-16)10-14-4-3-9-22-14/h3-4,9H,5-8,10-13H2,1-2H3. The third kappa shape index (κ3) is 3.45. The predicted octanol–water partition coefficient (Wildman–Crippen LogP) is 1.95. The van der Waals surface area contributed by atoms with Crippen LogP contribution in [0.4, 0.5) is 4.79 Å². The fraction of sp³-hybridized carbons (Fsp3) is 0.688. The summed E-state index contributed by atoms with van der Waals surface area (Å²) < 4.78 is 5.84. The van der Waals surface area contributed by atoms with E-state index in [-0.39, 0.29) is 11.4 Å². The van der Waals surface area contributed by atoms with Crippen LogP contribution in [0.1, 0.15) is 11.3 Å². The van der Waals surface area contributed by atoms with E-state index in [0.29, 0.717) is 13.2 Å². The SMILES string of the molecule is CN(C)C(=O)N1CCOCC2(CCN(Cc3cccs3)C2)C1. The number of urea groups is 1. The second-order valence-electron chi connectivity index (χ2n) is 6.69. The van der Waals surface area contributed by atoms with Gasteiger partial charge in [-0.3, -0.25) is 4.90 Å². The van der Waals surface area contributed by atoms with Crippen molar-refractivity contribution >= 4 is 17.4 Å². The topological polar surface area (TPSA) is 36.0 Å². The normalized spacial score (nSPS) is 26.4. The van der Waals surface area contributed by atoms with E-state index in [9.17, 15) is 4.79 Å². The van der Waals surface area contributed by atoms with Crippen LogP contribution >= 0.6 is 11.3 Å². The van der Waals surface area contributed by atoms with Gasteiger partial charge >= 0.3 is 6.03 Å². The molecule has 2 aliphatic heterocycles. The van der Waals surface area contributed by atoms with Gasteiger partial charge in [0.25, 0.3) is 0 Å². The lowest BCUT2D eigenvalue weighted by atomic mass is 9.87. The average Bonchev–Trinajstić information content (AvgIpc) is 3.07. The van der Waals surface area contributed by atoms with Gasteiger partial charge in [-0.15, -0.1) is 11.3 Å². The van der Waals surface area contributed by atoms with Gasteiger partial charge in [-0.25, -0.2) is 4.79 Å². The number of thiophene rings is 1. The van der Waals surface area contributed by atoms with Gasteiger partial charge in [-0.05, 0) is 24.4 Å². The van der Waals surface area contributed by atoms with Crippen molar-refractivity contribution in [3.63, 3.8) is 0 Å². The van der Waals surface area contributed by atoms with Crippen molar-refractivity contribution in [1.29, 1.82) is 0 Å². The van der Waals surface area contributed by atoms with Crippen molar-refractivity contribution in [2.24, 2.45) is 5.41 Å². The molecule has 2 fully saturated rings. The van der Waals surface area contributed by atoms with Gasteiger partial charge < -0.3 is 14.5 Å². The monoisotopic (exact) mass is 323 g/mol. The van der Waals surface area contributed by atoms with E-state index < -0.39 is 0 Å². The Morgan fingerprint density at radius 2 is 2.27 bits per heavy atom. The number of amides is 2. The van der Waals surface area contributed by atoms with Crippen LogP contribution in [-0.4, -0.2) is 74.2 Å². The number of hydrogen-bond donors (Lipinski definition) is 0.